The highest BCUT2D eigenvalue weighted by molar-refractivity contribution is 5.69. The van der Waals surface area contributed by atoms with Crippen LogP contribution in [0.3, 0.4) is 0 Å². The van der Waals surface area contributed by atoms with Gasteiger partial charge in [-0.2, -0.15) is 5.16 Å². The monoisotopic (exact) mass is 224 g/mol. The zero-order chi connectivity index (χ0) is 11.5. The van der Waals surface area contributed by atoms with Crippen molar-refractivity contribution in [3.63, 3.8) is 0 Å². The van der Waals surface area contributed by atoms with Gasteiger partial charge in [0, 0.05) is 12.5 Å². The van der Waals surface area contributed by atoms with Crippen molar-refractivity contribution < 1.29 is 18.9 Å². The summed E-state index contributed by atoms with van der Waals surface area (Å²) in [5.74, 6) is -0.954. The van der Waals surface area contributed by atoms with Gasteiger partial charge in [-0.15, -0.1) is 0 Å². The Morgan fingerprint density at radius 3 is 3.00 bits per heavy atom. The lowest BCUT2D eigenvalue weighted by Crippen LogP contribution is -2.10. The van der Waals surface area contributed by atoms with Crippen LogP contribution in [0.1, 0.15) is 17.0 Å². The van der Waals surface area contributed by atoms with Gasteiger partial charge in [0.05, 0.1) is 11.3 Å². The third-order valence-electron chi connectivity index (χ3n) is 2.04. The van der Waals surface area contributed by atoms with Crippen molar-refractivity contribution >= 4 is 5.97 Å². The summed E-state index contributed by atoms with van der Waals surface area (Å²) in [6, 6.07) is 1.59. The molecular formula is C9H8N2O5. The molecule has 0 bridgehead atoms. The van der Waals surface area contributed by atoms with Crippen LogP contribution in [0.5, 0.6) is 0 Å². The largest absolute Gasteiger partial charge is 0.481 e. The molecule has 7 heteroatoms. The smallest absolute Gasteiger partial charge is 0.311 e. The van der Waals surface area contributed by atoms with Gasteiger partial charge in [-0.1, -0.05) is 5.16 Å². The second-order valence-electron chi connectivity index (χ2n) is 3.17. The molecule has 2 aromatic heterocycles. The summed E-state index contributed by atoms with van der Waals surface area (Å²) in [6.45, 7) is 0. The number of carbonyl (C=O) groups is 1. The van der Waals surface area contributed by atoms with E-state index in [4.69, 9.17) is 9.63 Å². The first kappa shape index (κ1) is 10.2. The summed E-state index contributed by atoms with van der Waals surface area (Å²) in [6.07, 6.45) is 1.22. The van der Waals surface area contributed by atoms with Gasteiger partial charge in [-0.3, -0.25) is 9.59 Å². The molecule has 0 spiro atoms. The Hall–Kier alpha value is -2.31. The summed E-state index contributed by atoms with van der Waals surface area (Å²) < 4.78 is 9.39. The van der Waals surface area contributed by atoms with Crippen LogP contribution in [0, 0.1) is 0 Å². The Bertz CT molecular complexity index is 537. The molecule has 0 saturated heterocycles. The van der Waals surface area contributed by atoms with Gasteiger partial charge >= 0.3 is 5.97 Å². The first-order valence-electron chi connectivity index (χ1n) is 4.47. The molecule has 2 rings (SSSR count). The fourth-order valence-corrected chi connectivity index (χ4v) is 1.33. The van der Waals surface area contributed by atoms with Crippen molar-refractivity contribution in [1.29, 1.82) is 0 Å². The average Bonchev–Trinajstić information content (AvgIpc) is 2.82. The van der Waals surface area contributed by atoms with Crippen LogP contribution in [0.25, 0.3) is 0 Å². The van der Waals surface area contributed by atoms with Crippen molar-refractivity contribution in [2.75, 3.05) is 0 Å². The van der Waals surface area contributed by atoms with Gasteiger partial charge in [-0.25, -0.2) is 0 Å². The standard InChI is InChI=1S/C9H8N2O5/c12-8(13)4-7-6(9(14)11-16-7)3-5-1-2-15-10-5/h1-2H,3-4H2,(H,11,14)(H,12,13). The molecule has 0 unspecified atom stereocenters. The second-order valence-corrected chi connectivity index (χ2v) is 3.17. The summed E-state index contributed by atoms with van der Waals surface area (Å²) in [4.78, 5) is 21.9. The van der Waals surface area contributed by atoms with Crippen LogP contribution in [0.15, 0.2) is 26.2 Å². The van der Waals surface area contributed by atoms with E-state index in [9.17, 15) is 9.59 Å². The van der Waals surface area contributed by atoms with Gasteiger partial charge in [0.15, 0.2) is 5.76 Å². The van der Waals surface area contributed by atoms with Crippen molar-refractivity contribution in [3.8, 4) is 0 Å². The molecule has 0 radical (unpaired) electrons. The van der Waals surface area contributed by atoms with E-state index >= 15 is 0 Å². The number of hydrogen-bond donors (Lipinski definition) is 2. The highest BCUT2D eigenvalue weighted by Gasteiger charge is 2.16. The van der Waals surface area contributed by atoms with Gasteiger partial charge in [0.1, 0.15) is 12.7 Å². The number of aliphatic carboxylic acids is 1. The summed E-state index contributed by atoms with van der Waals surface area (Å²) in [5, 5.41) is 14.4. The molecule has 0 aliphatic carbocycles. The fourth-order valence-electron chi connectivity index (χ4n) is 1.33. The first-order valence-corrected chi connectivity index (χ1v) is 4.47. The SMILES string of the molecule is O=C(O)Cc1o[nH]c(=O)c1Cc1ccon1. The van der Waals surface area contributed by atoms with Crippen molar-refractivity contribution in [2.24, 2.45) is 0 Å². The summed E-state index contributed by atoms with van der Waals surface area (Å²) in [5.41, 5.74) is 0.356. The topological polar surface area (TPSA) is 109 Å². The molecule has 2 heterocycles. The molecule has 0 aromatic carbocycles. The lowest BCUT2D eigenvalue weighted by atomic mass is 10.1. The van der Waals surface area contributed by atoms with E-state index in [2.05, 4.69) is 14.8 Å². The molecular weight excluding hydrogens is 216 g/mol. The Balaban J connectivity index is 2.28. The van der Waals surface area contributed by atoms with E-state index in [1.165, 1.54) is 6.26 Å². The Morgan fingerprint density at radius 2 is 2.38 bits per heavy atom. The lowest BCUT2D eigenvalue weighted by Gasteiger charge is -1.94. The quantitative estimate of drug-likeness (QED) is 0.766. The molecule has 7 nitrogen and oxygen atoms in total. The minimum atomic E-state index is -1.07. The predicted octanol–water partition coefficient (Wildman–Crippen LogP) is 0.174. The highest BCUT2D eigenvalue weighted by atomic mass is 16.5. The number of nitrogens with one attached hydrogen (secondary N) is 1. The Kier molecular flexibility index (Phi) is 2.59. The summed E-state index contributed by atoms with van der Waals surface area (Å²) in [7, 11) is 0. The third kappa shape index (κ3) is 2.02. The van der Waals surface area contributed by atoms with Gasteiger partial charge in [-0.05, 0) is 0 Å². The average molecular weight is 224 g/mol. The number of carboxylic acid groups (broad SMARTS) is 1. The molecule has 0 saturated carbocycles. The van der Waals surface area contributed by atoms with E-state index < -0.39 is 11.5 Å². The number of carboxylic acids is 1. The number of nitrogens with zero attached hydrogens (tertiary/aromatic N) is 1. The fraction of sp³-hybridized carbons (Fsp3) is 0.222. The van der Waals surface area contributed by atoms with Gasteiger partial charge in [0.25, 0.3) is 5.56 Å². The molecule has 2 aromatic rings. The highest BCUT2D eigenvalue weighted by Crippen LogP contribution is 2.09. The summed E-state index contributed by atoms with van der Waals surface area (Å²) >= 11 is 0. The van der Waals surface area contributed by atoms with E-state index in [1.54, 1.807) is 6.07 Å². The number of H-pyrrole nitrogens is 1. The Morgan fingerprint density at radius 1 is 1.56 bits per heavy atom. The van der Waals surface area contributed by atoms with Crippen LogP contribution in [-0.2, 0) is 17.6 Å². The predicted molar refractivity (Wildman–Crippen MR) is 50.0 cm³/mol. The zero-order valence-corrected chi connectivity index (χ0v) is 8.10. The number of aromatic amines is 1. The van der Waals surface area contributed by atoms with Crippen molar-refractivity contribution in [3.05, 3.63) is 39.7 Å². The maximum Gasteiger partial charge on any atom is 0.311 e. The molecule has 0 fully saturated rings. The van der Waals surface area contributed by atoms with Gasteiger partial charge in [0.2, 0.25) is 0 Å². The molecule has 0 aliphatic heterocycles. The molecule has 0 amide bonds. The van der Waals surface area contributed by atoms with Crippen molar-refractivity contribution in [1.82, 2.24) is 10.3 Å². The van der Waals surface area contributed by atoms with E-state index in [1.807, 2.05) is 0 Å². The molecule has 84 valence electrons. The normalized spacial score (nSPS) is 10.5. The van der Waals surface area contributed by atoms with E-state index in [0.29, 0.717) is 5.69 Å². The van der Waals surface area contributed by atoms with E-state index in [0.717, 1.165) is 0 Å². The number of hydrogen-bond acceptors (Lipinski definition) is 5. The van der Waals surface area contributed by atoms with Crippen LogP contribution < -0.4 is 5.56 Å². The molecule has 2 N–H and O–H groups in total. The van der Waals surface area contributed by atoms with Crippen molar-refractivity contribution in [2.45, 2.75) is 12.8 Å². The van der Waals surface area contributed by atoms with Gasteiger partial charge < -0.3 is 14.2 Å². The number of rotatable bonds is 4. The number of aromatic nitrogens is 2. The third-order valence-corrected chi connectivity index (χ3v) is 2.04. The zero-order valence-electron chi connectivity index (χ0n) is 8.10. The molecule has 0 atom stereocenters. The maximum atomic E-state index is 11.3. The lowest BCUT2D eigenvalue weighted by molar-refractivity contribution is -0.136. The van der Waals surface area contributed by atoms with Crippen LogP contribution in [0.4, 0.5) is 0 Å². The maximum absolute atomic E-state index is 11.3. The molecule has 0 aliphatic rings. The first-order chi connectivity index (χ1) is 7.66. The van der Waals surface area contributed by atoms with E-state index in [-0.39, 0.29) is 24.2 Å². The Labute approximate surface area is 88.6 Å². The van der Waals surface area contributed by atoms with Crippen LogP contribution in [0.2, 0.25) is 0 Å². The molecule has 16 heavy (non-hydrogen) atoms. The minimum Gasteiger partial charge on any atom is -0.481 e. The second kappa shape index (κ2) is 4.05. The van der Waals surface area contributed by atoms with Crippen LogP contribution >= 0.6 is 0 Å². The minimum absolute atomic E-state index is 0.112. The van der Waals surface area contributed by atoms with Crippen LogP contribution in [-0.4, -0.2) is 21.4 Å².